The smallest absolute Gasteiger partial charge is 0.342 e. The van der Waals surface area contributed by atoms with Crippen LogP contribution in [0, 0.1) is 6.92 Å². The highest BCUT2D eigenvalue weighted by Gasteiger charge is 2.26. The number of piperazine rings is 1. The predicted molar refractivity (Wildman–Crippen MR) is 106 cm³/mol. The molecule has 3 aromatic rings. The highest BCUT2D eigenvalue weighted by Crippen LogP contribution is 2.34. The number of para-hydroxylation sites is 1. The molecule has 1 aliphatic rings. The molecule has 27 heavy (non-hydrogen) atoms. The molecule has 0 spiro atoms. The lowest BCUT2D eigenvalue weighted by Crippen LogP contribution is -2.46. The highest BCUT2D eigenvalue weighted by molar-refractivity contribution is 6.08. The van der Waals surface area contributed by atoms with E-state index in [-0.39, 0.29) is 5.97 Å². The van der Waals surface area contributed by atoms with Crippen LogP contribution in [0.3, 0.4) is 0 Å². The summed E-state index contributed by atoms with van der Waals surface area (Å²) in [6.45, 7) is 7.47. The Morgan fingerprint density at radius 1 is 1.11 bits per heavy atom. The second kappa shape index (κ2) is 7.31. The first-order valence-corrected chi connectivity index (χ1v) is 9.29. The minimum Gasteiger partial charge on any atom is -0.462 e. The van der Waals surface area contributed by atoms with Crippen molar-refractivity contribution in [1.29, 1.82) is 0 Å². The fourth-order valence-electron chi connectivity index (χ4n) is 3.67. The number of rotatable bonds is 4. The van der Waals surface area contributed by atoms with E-state index in [2.05, 4.69) is 39.0 Å². The number of carbonyl (C=O) groups is 1. The highest BCUT2D eigenvalue weighted by atomic mass is 16.5. The lowest BCUT2D eigenvalue weighted by molar-refractivity contribution is 0.0526. The summed E-state index contributed by atoms with van der Waals surface area (Å²) in [7, 11) is 0. The van der Waals surface area contributed by atoms with E-state index in [9.17, 15) is 4.79 Å². The van der Waals surface area contributed by atoms with E-state index < -0.39 is 0 Å². The summed E-state index contributed by atoms with van der Waals surface area (Å²) in [5.41, 5.74) is 3.19. The maximum absolute atomic E-state index is 12.5. The molecule has 6 heteroatoms. The zero-order valence-electron chi connectivity index (χ0n) is 15.6. The van der Waals surface area contributed by atoms with Gasteiger partial charge in [-0.25, -0.2) is 9.78 Å². The van der Waals surface area contributed by atoms with Crippen molar-refractivity contribution in [3.8, 4) is 0 Å². The quantitative estimate of drug-likeness (QED) is 0.658. The third-order valence-corrected chi connectivity index (χ3v) is 4.97. The molecule has 140 valence electrons. The van der Waals surface area contributed by atoms with Gasteiger partial charge in [0.25, 0.3) is 0 Å². The van der Waals surface area contributed by atoms with Crippen LogP contribution in [0.25, 0.3) is 11.1 Å². The van der Waals surface area contributed by atoms with E-state index in [1.54, 1.807) is 20.0 Å². The first-order valence-electron chi connectivity index (χ1n) is 9.29. The topological polar surface area (TPSA) is 58.8 Å². The molecule has 4 rings (SSSR count). The number of ether oxygens (including phenoxy) is 1. The molecule has 0 amide bonds. The van der Waals surface area contributed by atoms with Gasteiger partial charge in [0.15, 0.2) is 0 Å². The average molecular weight is 365 g/mol. The van der Waals surface area contributed by atoms with Gasteiger partial charge in [0.2, 0.25) is 5.71 Å². The van der Waals surface area contributed by atoms with Crippen molar-refractivity contribution in [2.24, 2.45) is 0 Å². The number of esters is 1. The van der Waals surface area contributed by atoms with E-state index in [1.165, 1.54) is 5.69 Å². The van der Waals surface area contributed by atoms with Gasteiger partial charge >= 0.3 is 5.97 Å². The van der Waals surface area contributed by atoms with Crippen LogP contribution < -0.4 is 9.80 Å². The van der Waals surface area contributed by atoms with Gasteiger partial charge in [0, 0.05) is 38.1 Å². The van der Waals surface area contributed by atoms with Crippen LogP contribution >= 0.6 is 0 Å². The normalized spacial score (nSPS) is 14.6. The number of fused-ring (bicyclic) bond motifs is 1. The van der Waals surface area contributed by atoms with Gasteiger partial charge in [-0.05, 0) is 32.0 Å². The molecule has 0 saturated carbocycles. The van der Waals surface area contributed by atoms with Gasteiger partial charge in [-0.2, -0.15) is 0 Å². The summed E-state index contributed by atoms with van der Waals surface area (Å²) in [5, 5.41) is 0.751. The number of nitrogens with zero attached hydrogens (tertiary/aromatic N) is 3. The van der Waals surface area contributed by atoms with Gasteiger partial charge < -0.3 is 19.0 Å². The van der Waals surface area contributed by atoms with Crippen molar-refractivity contribution < 1.29 is 13.9 Å². The summed E-state index contributed by atoms with van der Waals surface area (Å²) >= 11 is 0. The number of hydrogen-bond acceptors (Lipinski definition) is 6. The monoisotopic (exact) mass is 365 g/mol. The second-order valence-electron chi connectivity index (χ2n) is 6.57. The van der Waals surface area contributed by atoms with E-state index in [0.717, 1.165) is 37.3 Å². The number of hydrogen-bond donors (Lipinski definition) is 0. The molecule has 0 unspecified atom stereocenters. The van der Waals surface area contributed by atoms with Crippen molar-refractivity contribution >= 4 is 28.4 Å². The average Bonchev–Trinajstić information content (AvgIpc) is 3.05. The molecule has 1 fully saturated rings. The largest absolute Gasteiger partial charge is 0.462 e. The first kappa shape index (κ1) is 17.4. The third kappa shape index (κ3) is 3.23. The number of aromatic nitrogens is 1. The summed E-state index contributed by atoms with van der Waals surface area (Å²) in [4.78, 5) is 21.5. The Kier molecular flexibility index (Phi) is 4.71. The molecule has 1 saturated heterocycles. The number of pyridine rings is 1. The SMILES string of the molecule is CCOC(=O)c1c(C)oc2nccc(N3CCN(c4ccccc4)CC3)c12. The molecule has 0 bridgehead atoms. The minimum absolute atomic E-state index is 0.330. The molecule has 1 aliphatic heterocycles. The van der Waals surface area contributed by atoms with Crippen LogP contribution in [0.2, 0.25) is 0 Å². The van der Waals surface area contributed by atoms with Crippen LogP contribution in [0.5, 0.6) is 0 Å². The van der Waals surface area contributed by atoms with E-state index >= 15 is 0 Å². The van der Waals surface area contributed by atoms with Crippen LogP contribution in [0.4, 0.5) is 11.4 Å². The van der Waals surface area contributed by atoms with Crippen LogP contribution in [-0.4, -0.2) is 43.7 Å². The predicted octanol–water partition coefficient (Wildman–Crippen LogP) is 3.64. The molecule has 6 nitrogen and oxygen atoms in total. The maximum Gasteiger partial charge on any atom is 0.342 e. The van der Waals surface area contributed by atoms with Gasteiger partial charge in [0.1, 0.15) is 11.3 Å². The summed E-state index contributed by atoms with van der Waals surface area (Å²) < 4.78 is 11.0. The molecule has 1 aromatic carbocycles. The second-order valence-corrected chi connectivity index (χ2v) is 6.57. The zero-order chi connectivity index (χ0) is 18.8. The first-order chi connectivity index (χ1) is 13.2. The van der Waals surface area contributed by atoms with Crippen molar-refractivity contribution in [2.45, 2.75) is 13.8 Å². The van der Waals surface area contributed by atoms with Crippen LogP contribution in [-0.2, 0) is 4.74 Å². The number of furan rings is 1. The van der Waals surface area contributed by atoms with Crippen LogP contribution in [0.15, 0.2) is 47.0 Å². The standard InChI is InChI=1S/C21H23N3O3/c1-3-26-21(25)18-15(2)27-20-19(18)17(9-10-22-20)24-13-11-23(12-14-24)16-7-5-4-6-8-16/h4-10H,3,11-14H2,1-2H3. The molecular weight excluding hydrogens is 342 g/mol. The maximum atomic E-state index is 12.5. The van der Waals surface area contributed by atoms with E-state index in [0.29, 0.717) is 23.6 Å². The Bertz CT molecular complexity index is 944. The Morgan fingerprint density at radius 3 is 2.52 bits per heavy atom. The Morgan fingerprint density at radius 2 is 1.81 bits per heavy atom. The Labute approximate surface area is 158 Å². The number of anilines is 2. The molecule has 0 radical (unpaired) electrons. The third-order valence-electron chi connectivity index (χ3n) is 4.97. The van der Waals surface area contributed by atoms with Crippen molar-refractivity contribution in [3.05, 3.63) is 53.9 Å². The number of benzene rings is 1. The zero-order valence-corrected chi connectivity index (χ0v) is 15.6. The lowest BCUT2D eigenvalue weighted by atomic mass is 10.1. The fourth-order valence-corrected chi connectivity index (χ4v) is 3.67. The Balaban J connectivity index is 1.64. The van der Waals surface area contributed by atoms with Gasteiger partial charge in [-0.3, -0.25) is 0 Å². The Hall–Kier alpha value is -3.02. The van der Waals surface area contributed by atoms with Gasteiger partial charge in [-0.1, -0.05) is 18.2 Å². The molecule has 2 aromatic heterocycles. The number of aryl methyl sites for hydroxylation is 1. The van der Waals surface area contributed by atoms with Crippen molar-refractivity contribution in [1.82, 2.24) is 4.98 Å². The molecule has 0 N–H and O–H groups in total. The summed E-state index contributed by atoms with van der Waals surface area (Å²) in [6.07, 6.45) is 1.74. The summed E-state index contributed by atoms with van der Waals surface area (Å²) in [6, 6.07) is 12.4. The van der Waals surface area contributed by atoms with E-state index in [4.69, 9.17) is 9.15 Å². The van der Waals surface area contributed by atoms with Crippen molar-refractivity contribution in [3.63, 3.8) is 0 Å². The molecule has 0 atom stereocenters. The van der Waals surface area contributed by atoms with Crippen LogP contribution in [0.1, 0.15) is 23.0 Å². The van der Waals surface area contributed by atoms with E-state index in [1.807, 2.05) is 12.1 Å². The van der Waals surface area contributed by atoms with Gasteiger partial charge in [0.05, 0.1) is 17.7 Å². The van der Waals surface area contributed by atoms with Gasteiger partial charge in [-0.15, -0.1) is 0 Å². The molecule has 3 heterocycles. The fraction of sp³-hybridized carbons (Fsp3) is 0.333. The lowest BCUT2D eigenvalue weighted by Gasteiger charge is -2.37. The molecule has 0 aliphatic carbocycles. The summed E-state index contributed by atoms with van der Waals surface area (Å²) in [5.74, 6) is 0.192. The minimum atomic E-state index is -0.356. The molecular formula is C21H23N3O3. The number of carbonyl (C=O) groups excluding carboxylic acids is 1. The van der Waals surface area contributed by atoms with Crippen molar-refractivity contribution in [2.75, 3.05) is 42.6 Å².